The molecule has 0 bridgehead atoms. The van der Waals surface area contributed by atoms with E-state index in [1.165, 1.54) is 0 Å². The predicted octanol–water partition coefficient (Wildman–Crippen LogP) is 2.77. The van der Waals surface area contributed by atoms with Gasteiger partial charge in [0.2, 0.25) is 0 Å². The van der Waals surface area contributed by atoms with Gasteiger partial charge in [0.15, 0.2) is 0 Å². The molecule has 6 heteroatoms. The van der Waals surface area contributed by atoms with Crippen molar-refractivity contribution in [3.05, 3.63) is 57.9 Å². The van der Waals surface area contributed by atoms with Gasteiger partial charge in [-0.3, -0.25) is 0 Å². The molecule has 1 atom stereocenters. The second-order valence-corrected chi connectivity index (χ2v) is 5.90. The molecule has 0 saturated carbocycles. The highest BCUT2D eigenvalue weighted by atomic mass is 16.5. The molecule has 0 saturated heterocycles. The van der Waals surface area contributed by atoms with Crippen molar-refractivity contribution in [2.24, 2.45) is 0 Å². The summed E-state index contributed by atoms with van der Waals surface area (Å²) in [4.78, 5) is 24.4. The first-order chi connectivity index (χ1) is 11.9. The highest BCUT2D eigenvalue weighted by Gasteiger charge is 2.37. The number of nitrogens with zero attached hydrogens (tertiary/aromatic N) is 1. The minimum Gasteiger partial charge on any atom is -0.478 e. The first-order valence-electron chi connectivity index (χ1n) is 7.89. The van der Waals surface area contributed by atoms with E-state index in [4.69, 9.17) is 10.00 Å². The van der Waals surface area contributed by atoms with Crippen LogP contribution >= 0.6 is 0 Å². The van der Waals surface area contributed by atoms with E-state index in [1.54, 1.807) is 19.9 Å². The number of allylic oxidation sites excluding steroid dienone is 2. The van der Waals surface area contributed by atoms with Crippen molar-refractivity contribution in [1.29, 1.82) is 5.26 Å². The predicted molar refractivity (Wildman–Crippen MR) is 91.3 cm³/mol. The summed E-state index contributed by atoms with van der Waals surface area (Å²) in [5, 5.41) is 21.3. The standard InChI is InChI=1S/C19H20N2O4/c1-11-6-4-7-14(10-11)17-15(18(22)23)12(2)21-13(3)16(17)19(24)25-9-5-8-20/h4,6-7,10,17,21H,5,9H2,1-3H3,(H,22,23). The van der Waals surface area contributed by atoms with Crippen LogP contribution in [0.2, 0.25) is 0 Å². The van der Waals surface area contributed by atoms with Gasteiger partial charge in [-0.2, -0.15) is 5.26 Å². The van der Waals surface area contributed by atoms with Gasteiger partial charge in [0.1, 0.15) is 6.61 Å². The summed E-state index contributed by atoms with van der Waals surface area (Å²) < 4.78 is 5.16. The van der Waals surface area contributed by atoms with Crippen molar-refractivity contribution in [1.82, 2.24) is 5.32 Å². The Hall–Kier alpha value is -3.07. The van der Waals surface area contributed by atoms with Gasteiger partial charge >= 0.3 is 11.9 Å². The molecule has 0 spiro atoms. The number of dihydropyridines is 1. The molecule has 1 heterocycles. The van der Waals surface area contributed by atoms with E-state index in [0.717, 1.165) is 5.56 Å². The van der Waals surface area contributed by atoms with Crippen molar-refractivity contribution in [3.8, 4) is 6.07 Å². The molecule has 6 nitrogen and oxygen atoms in total. The third-order valence-corrected chi connectivity index (χ3v) is 4.03. The fraction of sp³-hybridized carbons (Fsp3) is 0.316. The zero-order valence-corrected chi connectivity index (χ0v) is 14.4. The minimum atomic E-state index is -1.09. The average molecular weight is 340 g/mol. The van der Waals surface area contributed by atoms with Crippen LogP contribution in [-0.2, 0) is 14.3 Å². The molecule has 0 amide bonds. The molecule has 130 valence electrons. The summed E-state index contributed by atoms with van der Waals surface area (Å²) in [6.07, 6.45) is 0.0846. The fourth-order valence-electron chi connectivity index (χ4n) is 3.00. The maximum absolute atomic E-state index is 12.6. The third-order valence-electron chi connectivity index (χ3n) is 4.03. The summed E-state index contributed by atoms with van der Waals surface area (Å²) >= 11 is 0. The van der Waals surface area contributed by atoms with Crippen LogP contribution in [0.4, 0.5) is 0 Å². The Labute approximate surface area is 146 Å². The average Bonchev–Trinajstić information content (AvgIpc) is 2.53. The SMILES string of the molecule is CC1=C(C(=O)O)C(c2cccc(C)c2)C(C(=O)OCCC#N)=C(C)N1. The number of benzene rings is 1. The number of aliphatic carboxylic acids is 1. The number of carboxylic acids is 1. The lowest BCUT2D eigenvalue weighted by atomic mass is 9.80. The van der Waals surface area contributed by atoms with Gasteiger partial charge in [-0.1, -0.05) is 29.8 Å². The molecule has 1 unspecified atom stereocenters. The highest BCUT2D eigenvalue weighted by molar-refractivity contribution is 5.99. The highest BCUT2D eigenvalue weighted by Crippen LogP contribution is 2.38. The molecule has 2 rings (SSSR count). The van der Waals surface area contributed by atoms with Crippen LogP contribution in [0.1, 0.15) is 37.3 Å². The Kier molecular flexibility index (Phi) is 5.60. The van der Waals surface area contributed by atoms with Crippen molar-refractivity contribution in [2.45, 2.75) is 33.1 Å². The summed E-state index contributed by atoms with van der Waals surface area (Å²) in [5.41, 5.74) is 3.09. The molecule has 25 heavy (non-hydrogen) atoms. The normalized spacial score (nSPS) is 17.0. The maximum atomic E-state index is 12.6. The van der Waals surface area contributed by atoms with Crippen molar-refractivity contribution in [2.75, 3.05) is 6.61 Å². The van der Waals surface area contributed by atoms with Crippen LogP contribution in [0.5, 0.6) is 0 Å². The third kappa shape index (κ3) is 3.89. The number of carboxylic acid groups (broad SMARTS) is 1. The molecular formula is C19H20N2O4. The zero-order chi connectivity index (χ0) is 18.6. The van der Waals surface area contributed by atoms with Gasteiger partial charge in [0.25, 0.3) is 0 Å². The van der Waals surface area contributed by atoms with E-state index < -0.39 is 17.9 Å². The number of hydrogen-bond donors (Lipinski definition) is 2. The smallest absolute Gasteiger partial charge is 0.336 e. The lowest BCUT2D eigenvalue weighted by Gasteiger charge is -2.29. The van der Waals surface area contributed by atoms with Gasteiger partial charge in [0, 0.05) is 11.4 Å². The summed E-state index contributed by atoms with van der Waals surface area (Å²) in [6, 6.07) is 9.31. The van der Waals surface area contributed by atoms with E-state index >= 15 is 0 Å². The molecule has 1 aliphatic heterocycles. The number of ether oxygens (including phenoxy) is 1. The van der Waals surface area contributed by atoms with Crippen LogP contribution in [0.3, 0.4) is 0 Å². The first kappa shape index (κ1) is 18.3. The Morgan fingerprint density at radius 2 is 1.92 bits per heavy atom. The lowest BCUT2D eigenvalue weighted by Crippen LogP contribution is -2.32. The number of aryl methyl sites for hydroxylation is 1. The van der Waals surface area contributed by atoms with Crippen LogP contribution in [0.25, 0.3) is 0 Å². The Balaban J connectivity index is 2.54. The van der Waals surface area contributed by atoms with Gasteiger partial charge in [0.05, 0.1) is 29.6 Å². The largest absolute Gasteiger partial charge is 0.478 e. The molecule has 1 aliphatic rings. The van der Waals surface area contributed by atoms with Crippen molar-refractivity contribution < 1.29 is 19.4 Å². The number of nitrogens with one attached hydrogen (secondary N) is 1. The topological polar surface area (TPSA) is 99.4 Å². The molecule has 0 radical (unpaired) electrons. The fourth-order valence-corrected chi connectivity index (χ4v) is 3.00. The van der Waals surface area contributed by atoms with Crippen LogP contribution in [-0.4, -0.2) is 23.7 Å². The van der Waals surface area contributed by atoms with Gasteiger partial charge in [-0.05, 0) is 26.3 Å². The molecule has 1 aromatic rings. The minimum absolute atomic E-state index is 0.0300. The Morgan fingerprint density at radius 3 is 2.52 bits per heavy atom. The van der Waals surface area contributed by atoms with E-state index in [1.807, 2.05) is 31.2 Å². The monoisotopic (exact) mass is 340 g/mol. The zero-order valence-electron chi connectivity index (χ0n) is 14.4. The van der Waals surface area contributed by atoms with Crippen molar-refractivity contribution >= 4 is 11.9 Å². The van der Waals surface area contributed by atoms with E-state index in [0.29, 0.717) is 17.0 Å². The summed E-state index contributed by atoms with van der Waals surface area (Å²) in [5.74, 6) is -2.43. The first-order valence-corrected chi connectivity index (χ1v) is 7.89. The van der Waals surface area contributed by atoms with E-state index in [9.17, 15) is 14.7 Å². The van der Waals surface area contributed by atoms with Crippen LogP contribution in [0.15, 0.2) is 46.8 Å². The number of esters is 1. The van der Waals surface area contributed by atoms with Gasteiger partial charge in [-0.25, -0.2) is 9.59 Å². The van der Waals surface area contributed by atoms with Crippen LogP contribution in [0, 0.1) is 18.3 Å². The second kappa shape index (κ2) is 7.67. The van der Waals surface area contributed by atoms with Gasteiger partial charge in [-0.15, -0.1) is 0 Å². The quantitative estimate of drug-likeness (QED) is 0.631. The molecular weight excluding hydrogens is 320 g/mol. The second-order valence-electron chi connectivity index (χ2n) is 5.90. The summed E-state index contributed by atoms with van der Waals surface area (Å²) in [7, 11) is 0. The molecule has 1 aromatic carbocycles. The Morgan fingerprint density at radius 1 is 1.24 bits per heavy atom. The number of nitriles is 1. The van der Waals surface area contributed by atoms with Crippen LogP contribution < -0.4 is 5.32 Å². The Bertz CT molecular complexity index is 815. The van der Waals surface area contributed by atoms with E-state index in [-0.39, 0.29) is 24.2 Å². The lowest BCUT2D eigenvalue weighted by molar-refractivity contribution is -0.139. The number of rotatable bonds is 5. The molecule has 0 aromatic heterocycles. The maximum Gasteiger partial charge on any atom is 0.336 e. The number of carbonyl (C=O) groups is 2. The molecule has 0 aliphatic carbocycles. The number of carbonyl (C=O) groups excluding carboxylic acids is 1. The summed E-state index contributed by atoms with van der Waals surface area (Å²) in [6.45, 7) is 5.26. The molecule has 0 fully saturated rings. The van der Waals surface area contributed by atoms with Crippen molar-refractivity contribution in [3.63, 3.8) is 0 Å². The van der Waals surface area contributed by atoms with Gasteiger partial charge < -0.3 is 15.2 Å². The molecule has 2 N–H and O–H groups in total. The number of hydrogen-bond acceptors (Lipinski definition) is 5. The van der Waals surface area contributed by atoms with E-state index in [2.05, 4.69) is 5.32 Å².